The summed E-state index contributed by atoms with van der Waals surface area (Å²) < 4.78 is 0. The number of benzene rings is 1. The van der Waals surface area contributed by atoms with Gasteiger partial charge in [-0.15, -0.1) is 0 Å². The van der Waals surface area contributed by atoms with E-state index in [2.05, 4.69) is 43.0 Å². The predicted octanol–water partition coefficient (Wildman–Crippen LogP) is 4.30. The molecular formula is C17H23N. The number of piperidine rings is 3. The molecule has 3 heterocycles. The summed E-state index contributed by atoms with van der Waals surface area (Å²) in [6, 6.07) is 9.73. The first kappa shape index (κ1) is 10.9. The standard InChI is InChI=1S/C17H23N/c1-13-5-3-4-6-15(13)18-14(2)16-7-10-17(18,11-8-16)12-9-16/h3-6,14H,7-12H2,1-2H3. The molecule has 3 saturated heterocycles. The number of rotatable bonds is 1. The van der Waals surface area contributed by atoms with E-state index < -0.39 is 0 Å². The van der Waals surface area contributed by atoms with Gasteiger partial charge in [0.05, 0.1) is 0 Å². The quantitative estimate of drug-likeness (QED) is 0.708. The maximum absolute atomic E-state index is 2.82. The molecule has 1 aromatic rings. The van der Waals surface area contributed by atoms with E-state index in [0.717, 1.165) is 6.04 Å². The molecule has 1 atom stereocenters. The average Bonchev–Trinajstić information content (AvgIpc) is 2.42. The first-order valence-electron chi connectivity index (χ1n) is 7.52. The molecule has 6 fully saturated rings. The third-order valence-corrected chi connectivity index (χ3v) is 6.42. The Hall–Kier alpha value is -0.980. The van der Waals surface area contributed by atoms with Crippen molar-refractivity contribution >= 4 is 5.69 Å². The molecule has 0 N–H and O–H groups in total. The lowest BCUT2D eigenvalue weighted by atomic mass is 9.49. The van der Waals surface area contributed by atoms with Crippen LogP contribution in [0.5, 0.6) is 0 Å². The van der Waals surface area contributed by atoms with Crippen molar-refractivity contribution in [3.8, 4) is 0 Å². The summed E-state index contributed by atoms with van der Waals surface area (Å²) in [6.07, 6.45) is 8.76. The van der Waals surface area contributed by atoms with Crippen LogP contribution in [0.15, 0.2) is 24.3 Å². The molecule has 3 aliphatic heterocycles. The number of nitrogens with zero attached hydrogens (tertiary/aromatic N) is 1. The normalized spacial score (nSPS) is 41.4. The van der Waals surface area contributed by atoms with Crippen LogP contribution in [0.25, 0.3) is 0 Å². The number of para-hydroxylation sites is 1. The monoisotopic (exact) mass is 241 g/mol. The van der Waals surface area contributed by atoms with E-state index in [9.17, 15) is 0 Å². The van der Waals surface area contributed by atoms with Crippen molar-refractivity contribution in [2.45, 2.75) is 64.0 Å². The van der Waals surface area contributed by atoms with Crippen molar-refractivity contribution in [2.24, 2.45) is 5.41 Å². The van der Waals surface area contributed by atoms with E-state index >= 15 is 0 Å². The fourth-order valence-corrected chi connectivity index (χ4v) is 5.17. The second-order valence-corrected chi connectivity index (χ2v) is 6.92. The summed E-state index contributed by atoms with van der Waals surface area (Å²) in [5.74, 6) is 0. The van der Waals surface area contributed by atoms with E-state index in [4.69, 9.17) is 0 Å². The van der Waals surface area contributed by atoms with Gasteiger partial charge in [-0.3, -0.25) is 0 Å². The second-order valence-electron chi connectivity index (χ2n) is 6.92. The van der Waals surface area contributed by atoms with Crippen LogP contribution in [0.2, 0.25) is 0 Å². The van der Waals surface area contributed by atoms with Gasteiger partial charge in [0, 0.05) is 17.3 Å². The lowest BCUT2D eigenvalue weighted by Crippen LogP contribution is -2.71. The molecular weight excluding hydrogens is 218 g/mol. The molecule has 18 heavy (non-hydrogen) atoms. The first-order valence-corrected chi connectivity index (χ1v) is 7.52. The minimum absolute atomic E-state index is 0.505. The van der Waals surface area contributed by atoms with Crippen LogP contribution < -0.4 is 4.90 Å². The largest absolute Gasteiger partial charge is 0.362 e. The predicted molar refractivity (Wildman–Crippen MR) is 76.0 cm³/mol. The van der Waals surface area contributed by atoms with Crippen LogP contribution in [0.1, 0.15) is 51.0 Å². The van der Waals surface area contributed by atoms with Gasteiger partial charge in [-0.25, -0.2) is 0 Å². The van der Waals surface area contributed by atoms with E-state index in [-0.39, 0.29) is 0 Å². The van der Waals surface area contributed by atoms with Gasteiger partial charge in [0.15, 0.2) is 0 Å². The van der Waals surface area contributed by atoms with E-state index in [0.29, 0.717) is 11.0 Å². The van der Waals surface area contributed by atoms with Crippen LogP contribution in [-0.2, 0) is 0 Å². The number of anilines is 1. The summed E-state index contributed by atoms with van der Waals surface area (Å²) >= 11 is 0. The van der Waals surface area contributed by atoms with Crippen molar-refractivity contribution in [1.29, 1.82) is 0 Å². The molecule has 7 rings (SSSR count). The highest BCUT2D eigenvalue weighted by Gasteiger charge is 2.61. The third-order valence-electron chi connectivity index (χ3n) is 6.42. The molecule has 0 spiro atoms. The number of hydrogen-bond donors (Lipinski definition) is 0. The van der Waals surface area contributed by atoms with Crippen LogP contribution in [0.3, 0.4) is 0 Å². The molecule has 1 aromatic carbocycles. The van der Waals surface area contributed by atoms with Gasteiger partial charge in [0.1, 0.15) is 0 Å². The molecule has 0 radical (unpaired) electrons. The van der Waals surface area contributed by atoms with Gasteiger partial charge >= 0.3 is 0 Å². The van der Waals surface area contributed by atoms with Crippen molar-refractivity contribution < 1.29 is 0 Å². The fourth-order valence-electron chi connectivity index (χ4n) is 5.17. The van der Waals surface area contributed by atoms with E-state index in [1.54, 1.807) is 0 Å². The smallest absolute Gasteiger partial charge is 0.0406 e. The maximum Gasteiger partial charge on any atom is 0.0406 e. The Balaban J connectivity index is 1.85. The molecule has 0 amide bonds. The third kappa shape index (κ3) is 1.13. The zero-order chi connectivity index (χ0) is 12.4. The zero-order valence-electron chi connectivity index (χ0n) is 11.6. The molecule has 1 nitrogen and oxygen atoms in total. The topological polar surface area (TPSA) is 3.24 Å². The van der Waals surface area contributed by atoms with Gasteiger partial charge in [-0.1, -0.05) is 18.2 Å². The minimum Gasteiger partial charge on any atom is -0.362 e. The Kier molecular flexibility index (Phi) is 2.01. The Morgan fingerprint density at radius 3 is 2.17 bits per heavy atom. The first-order chi connectivity index (χ1) is 8.67. The molecule has 3 aliphatic carbocycles. The molecule has 96 valence electrons. The summed E-state index contributed by atoms with van der Waals surface area (Å²) in [5, 5.41) is 0. The van der Waals surface area contributed by atoms with Crippen LogP contribution >= 0.6 is 0 Å². The summed E-state index contributed by atoms with van der Waals surface area (Å²) in [5.41, 5.74) is 4.11. The number of aryl methyl sites for hydroxylation is 1. The van der Waals surface area contributed by atoms with Crippen molar-refractivity contribution in [3.63, 3.8) is 0 Å². The van der Waals surface area contributed by atoms with Gasteiger partial charge in [0.25, 0.3) is 0 Å². The molecule has 1 heteroatoms. The SMILES string of the molecule is Cc1ccccc1N1C(C)C23CCC1(CC2)CC3. The van der Waals surface area contributed by atoms with Crippen molar-refractivity contribution in [3.05, 3.63) is 29.8 Å². The molecule has 2 bridgehead atoms. The highest BCUT2D eigenvalue weighted by molar-refractivity contribution is 5.58. The average molecular weight is 241 g/mol. The molecule has 0 aromatic heterocycles. The Bertz CT molecular complexity index is 466. The summed E-state index contributed by atoms with van der Waals surface area (Å²) in [7, 11) is 0. The maximum atomic E-state index is 2.82. The molecule has 6 aliphatic rings. The Labute approximate surface area is 110 Å². The summed E-state index contributed by atoms with van der Waals surface area (Å²) in [6.45, 7) is 4.75. The highest BCUT2D eigenvalue weighted by Crippen LogP contribution is 2.64. The van der Waals surface area contributed by atoms with Crippen LogP contribution in [0.4, 0.5) is 5.69 Å². The van der Waals surface area contributed by atoms with E-state index in [1.807, 2.05) is 0 Å². The minimum atomic E-state index is 0.505. The second kappa shape index (κ2) is 3.31. The van der Waals surface area contributed by atoms with E-state index in [1.165, 1.54) is 49.8 Å². The van der Waals surface area contributed by atoms with Gasteiger partial charge in [-0.05, 0) is 69.4 Å². The van der Waals surface area contributed by atoms with Gasteiger partial charge < -0.3 is 4.90 Å². The molecule has 3 saturated carbocycles. The molecule has 1 unspecified atom stereocenters. The van der Waals surface area contributed by atoms with Crippen molar-refractivity contribution in [2.75, 3.05) is 4.90 Å². The lowest BCUT2D eigenvalue weighted by Gasteiger charge is -2.70. The lowest BCUT2D eigenvalue weighted by molar-refractivity contribution is -0.0447. The van der Waals surface area contributed by atoms with Crippen molar-refractivity contribution in [1.82, 2.24) is 0 Å². The Morgan fingerprint density at radius 1 is 1.00 bits per heavy atom. The van der Waals surface area contributed by atoms with Crippen LogP contribution in [-0.4, -0.2) is 11.6 Å². The van der Waals surface area contributed by atoms with Crippen LogP contribution in [0, 0.1) is 12.3 Å². The van der Waals surface area contributed by atoms with Gasteiger partial charge in [0.2, 0.25) is 0 Å². The Morgan fingerprint density at radius 2 is 1.61 bits per heavy atom. The highest BCUT2D eigenvalue weighted by atomic mass is 15.3. The summed E-state index contributed by atoms with van der Waals surface area (Å²) in [4.78, 5) is 2.82. The van der Waals surface area contributed by atoms with Gasteiger partial charge in [-0.2, -0.15) is 0 Å². The number of hydrogen-bond acceptors (Lipinski definition) is 1. The fraction of sp³-hybridized carbons (Fsp3) is 0.647. The zero-order valence-corrected chi connectivity index (χ0v) is 11.6.